The van der Waals surface area contributed by atoms with E-state index in [4.69, 9.17) is 0 Å². The third-order valence-electron chi connectivity index (χ3n) is 8.22. The molecule has 0 nitrogen and oxygen atoms in total. The van der Waals surface area contributed by atoms with Crippen molar-refractivity contribution in [1.82, 2.24) is 0 Å². The van der Waals surface area contributed by atoms with Crippen LogP contribution in [0.1, 0.15) is 139 Å². The van der Waals surface area contributed by atoms with Gasteiger partial charge in [-0.05, 0) is 36.5 Å². The Kier molecular flexibility index (Phi) is 28.3. The van der Waals surface area contributed by atoms with Gasteiger partial charge in [-0.3, -0.25) is 0 Å². The maximum Gasteiger partial charge on any atom is 3.00 e. The Hall–Kier alpha value is -0.357. The summed E-state index contributed by atoms with van der Waals surface area (Å²) in [4.78, 5) is 0. The molecule has 1 aliphatic heterocycles. The molecule has 0 unspecified atom stereocenters. The van der Waals surface area contributed by atoms with Crippen molar-refractivity contribution in [3.8, 4) is 0 Å². The van der Waals surface area contributed by atoms with Crippen molar-refractivity contribution in [2.24, 2.45) is 0 Å². The molecule has 1 saturated heterocycles. The van der Waals surface area contributed by atoms with Crippen LogP contribution in [0.2, 0.25) is 12.1 Å². The summed E-state index contributed by atoms with van der Waals surface area (Å²) in [5.41, 5.74) is 8.87. The monoisotopic (exact) mass is 778 g/mol. The standard InChI is InChI=1S/2C17H23.C4H8Si.4CH3.2Zr/c2*1-6-13-7-15-9-14(11(2)3)10-16(12(4)5)17(15)8-13;1-2-4-5-3-1;;;;;;/h2*7-12H,6H2,1-5H3;1-4H2;4*1H3;;/q2*-1;;4*-1;2*+3. The van der Waals surface area contributed by atoms with E-state index in [9.17, 15) is 0 Å². The minimum absolute atomic E-state index is 0. The third-order valence-corrected chi connectivity index (χ3v) is 9.64. The zero-order valence-electron chi connectivity index (χ0n) is 31.7. The molecule has 0 bridgehead atoms. The summed E-state index contributed by atoms with van der Waals surface area (Å²) in [5.74, 6) is 2.42. The molecule has 45 heavy (non-hydrogen) atoms. The fraction of sp³-hybridized carbons (Fsp3) is 0.476. The fourth-order valence-corrected chi connectivity index (χ4v) is 6.78. The van der Waals surface area contributed by atoms with Crippen LogP contribution in [-0.2, 0) is 65.2 Å². The Morgan fingerprint density at radius 1 is 0.533 bits per heavy atom. The van der Waals surface area contributed by atoms with Crippen molar-refractivity contribution in [3.63, 3.8) is 0 Å². The Balaban J connectivity index is -0.000000289. The second kappa shape index (κ2) is 24.7. The van der Waals surface area contributed by atoms with Gasteiger partial charge in [-0.2, -0.15) is 12.1 Å². The second-order valence-electron chi connectivity index (χ2n) is 12.7. The largest absolute Gasteiger partial charge is 3.00 e. The number of fused-ring (bicyclic) bond motifs is 2. The summed E-state index contributed by atoms with van der Waals surface area (Å²) in [6.45, 7) is 22.7. The molecule has 246 valence electrons. The summed E-state index contributed by atoms with van der Waals surface area (Å²) in [5, 5.41) is 5.77. The summed E-state index contributed by atoms with van der Waals surface area (Å²) in [7, 11) is 1.31. The van der Waals surface area contributed by atoms with Crippen LogP contribution in [0.25, 0.3) is 21.5 Å². The SMILES string of the molecule is C1CC[Si]C1.CCc1cc2c(C(C)C)cc(C(C)C)cc2[cH-]1.CCc1cc2c(C(C)C)cc(C(C)C)cc2[cH-]1.[CH3-].[CH3-].[CH3-].[CH3-].[Zr+3].[Zr+3]. The van der Waals surface area contributed by atoms with E-state index in [0.717, 1.165) is 12.8 Å². The predicted octanol–water partition coefficient (Wildman–Crippen LogP) is 13.9. The maximum absolute atomic E-state index is 2.40. The van der Waals surface area contributed by atoms with Gasteiger partial charge in [-0.1, -0.05) is 129 Å². The first-order chi connectivity index (χ1) is 18.5. The van der Waals surface area contributed by atoms with Gasteiger partial charge in [0, 0.05) is 9.52 Å². The van der Waals surface area contributed by atoms with Crippen LogP contribution in [0.3, 0.4) is 0 Å². The van der Waals surface area contributed by atoms with Gasteiger partial charge < -0.3 is 29.7 Å². The summed E-state index contributed by atoms with van der Waals surface area (Å²) >= 11 is 0. The molecule has 1 fully saturated rings. The molecule has 4 aromatic rings. The van der Waals surface area contributed by atoms with E-state index < -0.39 is 0 Å². The Bertz CT molecular complexity index is 1210. The quantitative estimate of drug-likeness (QED) is 0.135. The first-order valence-corrected chi connectivity index (χ1v) is 17.1. The zero-order valence-corrected chi connectivity index (χ0v) is 37.6. The van der Waals surface area contributed by atoms with Gasteiger partial charge in [0.25, 0.3) is 0 Å². The number of hydrogen-bond acceptors (Lipinski definition) is 0. The average molecular weight is 782 g/mol. The minimum atomic E-state index is 0. The molecule has 5 rings (SSSR count). The number of rotatable bonds is 6. The van der Waals surface area contributed by atoms with Crippen LogP contribution < -0.4 is 0 Å². The maximum atomic E-state index is 2.40. The first-order valence-electron chi connectivity index (χ1n) is 15.7. The van der Waals surface area contributed by atoms with Gasteiger partial charge in [-0.15, -0.1) is 56.9 Å². The molecule has 0 atom stereocenters. The smallest absolute Gasteiger partial charge is 0.358 e. The van der Waals surface area contributed by atoms with E-state index in [-0.39, 0.29) is 82.1 Å². The average Bonchev–Trinajstić information content (AvgIpc) is 3.68. The van der Waals surface area contributed by atoms with Crippen LogP contribution in [0.4, 0.5) is 0 Å². The van der Waals surface area contributed by atoms with Crippen molar-refractivity contribution >= 4 is 31.1 Å². The van der Waals surface area contributed by atoms with Crippen LogP contribution in [0, 0.1) is 29.7 Å². The first kappa shape index (κ1) is 51.5. The van der Waals surface area contributed by atoms with Crippen LogP contribution >= 0.6 is 0 Å². The molecular formula is C42H66SiZr2. The van der Waals surface area contributed by atoms with E-state index in [2.05, 4.69) is 118 Å². The predicted molar refractivity (Wildman–Crippen MR) is 204 cm³/mol. The van der Waals surface area contributed by atoms with E-state index in [0.29, 0.717) is 23.7 Å². The van der Waals surface area contributed by atoms with Crippen molar-refractivity contribution in [2.75, 3.05) is 0 Å². The van der Waals surface area contributed by atoms with Gasteiger partial charge in [0.15, 0.2) is 0 Å². The molecule has 4 aromatic carbocycles. The number of benzene rings is 2. The fourth-order valence-electron chi connectivity index (χ4n) is 5.53. The van der Waals surface area contributed by atoms with Crippen molar-refractivity contribution < 1.29 is 52.4 Å². The molecule has 0 aromatic heterocycles. The zero-order chi connectivity index (χ0) is 28.7. The molecule has 4 radical (unpaired) electrons. The Labute approximate surface area is 323 Å². The molecule has 0 spiro atoms. The summed E-state index contributed by atoms with van der Waals surface area (Å²) in [6, 6.07) is 22.0. The summed E-state index contributed by atoms with van der Waals surface area (Å²) < 4.78 is 0. The van der Waals surface area contributed by atoms with E-state index in [1.54, 1.807) is 0 Å². The Morgan fingerprint density at radius 2 is 0.867 bits per heavy atom. The molecule has 1 aliphatic rings. The van der Waals surface area contributed by atoms with Gasteiger partial charge in [0.05, 0.1) is 0 Å². The van der Waals surface area contributed by atoms with E-state index in [1.807, 2.05) is 0 Å². The normalized spacial score (nSPS) is 11.7. The summed E-state index contributed by atoms with van der Waals surface area (Å²) in [6.07, 6.45) is 5.28. The van der Waals surface area contributed by atoms with Crippen LogP contribution in [0.15, 0.2) is 48.5 Å². The van der Waals surface area contributed by atoms with E-state index >= 15 is 0 Å². The molecule has 3 heteroatoms. The number of hydrogen-bond donors (Lipinski definition) is 0. The van der Waals surface area contributed by atoms with Crippen LogP contribution in [0.5, 0.6) is 0 Å². The van der Waals surface area contributed by atoms with Crippen molar-refractivity contribution in [3.05, 3.63) is 112 Å². The molecule has 0 aliphatic carbocycles. The Morgan fingerprint density at radius 3 is 1.09 bits per heavy atom. The van der Waals surface area contributed by atoms with Crippen molar-refractivity contribution in [2.45, 2.75) is 131 Å². The van der Waals surface area contributed by atoms with Gasteiger partial charge in [0.1, 0.15) is 0 Å². The van der Waals surface area contributed by atoms with Gasteiger partial charge >= 0.3 is 52.4 Å². The van der Waals surface area contributed by atoms with Gasteiger partial charge in [0.2, 0.25) is 0 Å². The minimum Gasteiger partial charge on any atom is -0.358 e. The molecule has 0 amide bonds. The number of aryl methyl sites for hydroxylation is 2. The molecule has 1 heterocycles. The van der Waals surface area contributed by atoms with Crippen LogP contribution in [-0.4, -0.2) is 9.52 Å². The third kappa shape index (κ3) is 14.3. The van der Waals surface area contributed by atoms with Crippen molar-refractivity contribution in [1.29, 1.82) is 0 Å². The second-order valence-corrected chi connectivity index (χ2v) is 14.2. The van der Waals surface area contributed by atoms with E-state index in [1.165, 1.54) is 89.4 Å². The molecular weight excluding hydrogens is 715 g/mol. The molecule has 0 saturated carbocycles. The topological polar surface area (TPSA) is 0 Å². The molecule has 0 N–H and O–H groups in total. The van der Waals surface area contributed by atoms with Gasteiger partial charge in [-0.25, -0.2) is 0 Å².